The topological polar surface area (TPSA) is 38.0 Å². The van der Waals surface area contributed by atoms with E-state index in [0.29, 0.717) is 29.2 Å². The fraction of sp³-hybridized carbons (Fsp3) is 0.400. The Balaban J connectivity index is 2.59. The number of halogens is 2. The first-order valence-corrected chi connectivity index (χ1v) is 5.26. The van der Waals surface area contributed by atoms with E-state index in [-0.39, 0.29) is 0 Å². The van der Waals surface area contributed by atoms with E-state index in [1.807, 2.05) is 19.1 Å². The molecule has 0 aliphatic rings. The van der Waals surface area contributed by atoms with Crippen molar-refractivity contribution in [2.45, 2.75) is 19.5 Å². The molecular weight excluding hydrogens is 219 g/mol. The quantitative estimate of drug-likeness (QED) is 0.838. The van der Waals surface area contributed by atoms with Crippen molar-refractivity contribution in [1.82, 2.24) is 5.32 Å². The standard InChI is InChI=1S/C10H14Cl2N2/c1-7(5-13)14-6-8-2-3-9(11)4-10(8)12/h2-4,7,14H,5-6,13H2,1H3. The van der Waals surface area contributed by atoms with Crippen LogP contribution in [0.25, 0.3) is 0 Å². The molecule has 0 bridgehead atoms. The van der Waals surface area contributed by atoms with Gasteiger partial charge in [-0.2, -0.15) is 0 Å². The molecule has 3 N–H and O–H groups in total. The van der Waals surface area contributed by atoms with E-state index in [1.54, 1.807) is 6.07 Å². The summed E-state index contributed by atoms with van der Waals surface area (Å²) in [5.41, 5.74) is 6.52. The molecule has 4 heteroatoms. The largest absolute Gasteiger partial charge is 0.329 e. The second kappa shape index (κ2) is 5.56. The van der Waals surface area contributed by atoms with Gasteiger partial charge in [-0.25, -0.2) is 0 Å². The zero-order valence-corrected chi connectivity index (χ0v) is 9.57. The summed E-state index contributed by atoms with van der Waals surface area (Å²) in [7, 11) is 0. The van der Waals surface area contributed by atoms with E-state index in [9.17, 15) is 0 Å². The van der Waals surface area contributed by atoms with Crippen LogP contribution in [0.15, 0.2) is 18.2 Å². The number of nitrogens with two attached hydrogens (primary N) is 1. The van der Waals surface area contributed by atoms with Crippen molar-refractivity contribution in [3.05, 3.63) is 33.8 Å². The van der Waals surface area contributed by atoms with Crippen LogP contribution in [0.3, 0.4) is 0 Å². The van der Waals surface area contributed by atoms with Gasteiger partial charge < -0.3 is 11.1 Å². The zero-order valence-electron chi connectivity index (χ0n) is 8.06. The lowest BCUT2D eigenvalue weighted by Gasteiger charge is -2.12. The summed E-state index contributed by atoms with van der Waals surface area (Å²) in [5.74, 6) is 0. The van der Waals surface area contributed by atoms with Crippen molar-refractivity contribution in [3.63, 3.8) is 0 Å². The normalized spacial score (nSPS) is 12.9. The van der Waals surface area contributed by atoms with E-state index in [2.05, 4.69) is 5.32 Å². The number of benzene rings is 1. The number of nitrogens with one attached hydrogen (secondary N) is 1. The Morgan fingerprint density at radius 3 is 2.71 bits per heavy atom. The van der Waals surface area contributed by atoms with E-state index in [4.69, 9.17) is 28.9 Å². The molecule has 14 heavy (non-hydrogen) atoms. The van der Waals surface area contributed by atoms with E-state index >= 15 is 0 Å². The highest BCUT2D eigenvalue weighted by atomic mass is 35.5. The molecule has 0 aromatic heterocycles. The summed E-state index contributed by atoms with van der Waals surface area (Å²) in [4.78, 5) is 0. The van der Waals surface area contributed by atoms with Gasteiger partial charge in [0.1, 0.15) is 0 Å². The van der Waals surface area contributed by atoms with Crippen LogP contribution < -0.4 is 11.1 Å². The van der Waals surface area contributed by atoms with Gasteiger partial charge in [-0.3, -0.25) is 0 Å². The average Bonchev–Trinajstić information content (AvgIpc) is 2.16. The summed E-state index contributed by atoms with van der Waals surface area (Å²) < 4.78 is 0. The molecule has 0 saturated heterocycles. The number of rotatable bonds is 4. The lowest BCUT2D eigenvalue weighted by molar-refractivity contribution is 0.556. The van der Waals surface area contributed by atoms with Crippen LogP contribution in [0.5, 0.6) is 0 Å². The number of hydrogen-bond donors (Lipinski definition) is 2. The third-order valence-corrected chi connectivity index (χ3v) is 2.60. The van der Waals surface area contributed by atoms with Gasteiger partial charge in [0, 0.05) is 29.2 Å². The van der Waals surface area contributed by atoms with E-state index in [0.717, 1.165) is 5.56 Å². The molecule has 1 unspecified atom stereocenters. The molecular formula is C10H14Cl2N2. The predicted octanol–water partition coefficient (Wildman–Crippen LogP) is 2.43. The molecule has 0 aliphatic carbocycles. The highest BCUT2D eigenvalue weighted by Crippen LogP contribution is 2.20. The van der Waals surface area contributed by atoms with Gasteiger partial charge in [-0.1, -0.05) is 29.3 Å². The molecule has 0 radical (unpaired) electrons. The Kier molecular flexibility index (Phi) is 4.69. The van der Waals surface area contributed by atoms with Gasteiger partial charge in [0.05, 0.1) is 0 Å². The Hall–Kier alpha value is -0.280. The zero-order chi connectivity index (χ0) is 10.6. The van der Waals surface area contributed by atoms with Gasteiger partial charge >= 0.3 is 0 Å². The van der Waals surface area contributed by atoms with Crippen molar-refractivity contribution >= 4 is 23.2 Å². The SMILES string of the molecule is CC(CN)NCc1ccc(Cl)cc1Cl. The first-order valence-electron chi connectivity index (χ1n) is 4.51. The maximum Gasteiger partial charge on any atom is 0.0465 e. The lowest BCUT2D eigenvalue weighted by atomic mass is 10.2. The Labute approximate surface area is 94.4 Å². The van der Waals surface area contributed by atoms with Crippen molar-refractivity contribution in [2.75, 3.05) is 6.54 Å². The van der Waals surface area contributed by atoms with Crippen LogP contribution in [0, 0.1) is 0 Å². The molecule has 2 nitrogen and oxygen atoms in total. The van der Waals surface area contributed by atoms with Gasteiger partial charge in [0.2, 0.25) is 0 Å². The molecule has 0 fully saturated rings. The minimum absolute atomic E-state index is 0.293. The molecule has 0 spiro atoms. The monoisotopic (exact) mass is 232 g/mol. The first kappa shape index (κ1) is 11.8. The highest BCUT2D eigenvalue weighted by Gasteiger charge is 2.02. The molecule has 1 aromatic rings. The molecule has 78 valence electrons. The maximum atomic E-state index is 6.00. The lowest BCUT2D eigenvalue weighted by Crippen LogP contribution is -2.32. The van der Waals surface area contributed by atoms with Crippen molar-refractivity contribution in [3.8, 4) is 0 Å². The smallest absolute Gasteiger partial charge is 0.0465 e. The Bertz CT molecular complexity index is 302. The summed E-state index contributed by atoms with van der Waals surface area (Å²) in [5, 5.41) is 4.60. The summed E-state index contributed by atoms with van der Waals surface area (Å²) in [6.45, 7) is 3.36. The predicted molar refractivity (Wildman–Crippen MR) is 61.8 cm³/mol. The van der Waals surface area contributed by atoms with Gasteiger partial charge in [0.25, 0.3) is 0 Å². The fourth-order valence-electron chi connectivity index (χ4n) is 1.03. The minimum Gasteiger partial charge on any atom is -0.329 e. The molecule has 1 rings (SSSR count). The third-order valence-electron chi connectivity index (χ3n) is 2.01. The highest BCUT2D eigenvalue weighted by molar-refractivity contribution is 6.35. The van der Waals surface area contributed by atoms with Crippen LogP contribution in [-0.2, 0) is 6.54 Å². The second-order valence-corrected chi connectivity index (χ2v) is 4.10. The second-order valence-electron chi connectivity index (χ2n) is 3.25. The van der Waals surface area contributed by atoms with E-state index < -0.39 is 0 Å². The third kappa shape index (κ3) is 3.46. The Morgan fingerprint density at radius 2 is 2.14 bits per heavy atom. The van der Waals surface area contributed by atoms with Crippen molar-refractivity contribution in [2.24, 2.45) is 5.73 Å². The molecule has 0 saturated carbocycles. The summed E-state index contributed by atoms with van der Waals surface area (Å²) >= 11 is 11.8. The fourth-order valence-corrected chi connectivity index (χ4v) is 1.51. The van der Waals surface area contributed by atoms with Crippen LogP contribution in [0.2, 0.25) is 10.0 Å². The van der Waals surface area contributed by atoms with Crippen LogP contribution in [0.1, 0.15) is 12.5 Å². The Morgan fingerprint density at radius 1 is 1.43 bits per heavy atom. The van der Waals surface area contributed by atoms with Gasteiger partial charge in [-0.05, 0) is 24.6 Å². The number of hydrogen-bond acceptors (Lipinski definition) is 2. The molecule has 1 aromatic carbocycles. The first-order chi connectivity index (χ1) is 6.63. The van der Waals surface area contributed by atoms with Crippen LogP contribution in [0.4, 0.5) is 0 Å². The minimum atomic E-state index is 0.293. The van der Waals surface area contributed by atoms with Crippen LogP contribution >= 0.6 is 23.2 Å². The van der Waals surface area contributed by atoms with Crippen molar-refractivity contribution in [1.29, 1.82) is 0 Å². The van der Waals surface area contributed by atoms with Crippen molar-refractivity contribution < 1.29 is 0 Å². The maximum absolute atomic E-state index is 6.00. The summed E-state index contributed by atoms with van der Waals surface area (Å²) in [6.07, 6.45) is 0. The molecule has 0 heterocycles. The molecule has 1 atom stereocenters. The van der Waals surface area contributed by atoms with Gasteiger partial charge in [0.15, 0.2) is 0 Å². The van der Waals surface area contributed by atoms with Crippen LogP contribution in [-0.4, -0.2) is 12.6 Å². The summed E-state index contributed by atoms with van der Waals surface area (Å²) in [6, 6.07) is 5.79. The molecule has 0 aliphatic heterocycles. The molecule has 0 amide bonds. The van der Waals surface area contributed by atoms with Gasteiger partial charge in [-0.15, -0.1) is 0 Å². The van der Waals surface area contributed by atoms with E-state index in [1.165, 1.54) is 0 Å². The average molecular weight is 233 g/mol.